The molecule has 1 aromatic carbocycles. The first-order valence-electron chi connectivity index (χ1n) is 12.4. The fourth-order valence-electron chi connectivity index (χ4n) is 4.13. The lowest BCUT2D eigenvalue weighted by Crippen LogP contribution is -2.41. The number of aliphatic carboxylic acids is 1. The number of hydrogen-bond donors (Lipinski definition) is 3. The minimum absolute atomic E-state index is 0.0141. The molecule has 200 valence electrons. The second-order valence-corrected chi connectivity index (χ2v) is 10.2. The first-order valence-corrected chi connectivity index (χ1v) is 12.4. The Kier molecular flexibility index (Phi) is 9.85. The standard InChI is InChI=1S/C27H36N4O6/c1-27(2,3)22(25(33)34)15-30-24(32)18-36-21-13-20(14-29-23-11-7-8-12-28-23)31(16-21)26(35)37-17-19-9-5-4-6-10-19/h4-12,20-22H,13-18H2,1-3H3,(H,28,29)(H,30,32)(H,33,34). The van der Waals surface area contributed by atoms with E-state index >= 15 is 0 Å². The van der Waals surface area contributed by atoms with Crippen LogP contribution in [0.25, 0.3) is 0 Å². The third-order valence-electron chi connectivity index (χ3n) is 6.30. The SMILES string of the molecule is CC(C)(C)C(CNC(=O)COC1CC(CNc2ccccn2)N(C(=O)OCc2ccccc2)C1)C(=O)O. The van der Waals surface area contributed by atoms with Crippen LogP contribution in [0.5, 0.6) is 0 Å². The maximum absolute atomic E-state index is 12.9. The molecule has 1 saturated heterocycles. The highest BCUT2D eigenvalue weighted by molar-refractivity contribution is 5.78. The molecule has 0 radical (unpaired) electrons. The molecular weight excluding hydrogens is 476 g/mol. The number of ether oxygens (including phenoxy) is 2. The number of aromatic nitrogens is 1. The van der Waals surface area contributed by atoms with Gasteiger partial charge in [0.15, 0.2) is 0 Å². The number of hydrogen-bond acceptors (Lipinski definition) is 7. The Balaban J connectivity index is 1.55. The Morgan fingerprint density at radius 2 is 1.86 bits per heavy atom. The van der Waals surface area contributed by atoms with E-state index in [0.29, 0.717) is 18.8 Å². The highest BCUT2D eigenvalue weighted by Crippen LogP contribution is 2.26. The van der Waals surface area contributed by atoms with Gasteiger partial charge in [0.2, 0.25) is 5.91 Å². The smallest absolute Gasteiger partial charge is 0.410 e. The number of carbonyl (C=O) groups is 3. The minimum Gasteiger partial charge on any atom is -0.481 e. The largest absolute Gasteiger partial charge is 0.481 e. The summed E-state index contributed by atoms with van der Waals surface area (Å²) in [5.41, 5.74) is 0.387. The maximum Gasteiger partial charge on any atom is 0.410 e. The molecule has 1 aliphatic heterocycles. The van der Waals surface area contributed by atoms with Crippen molar-refractivity contribution >= 4 is 23.8 Å². The molecule has 1 fully saturated rings. The Labute approximate surface area is 217 Å². The van der Waals surface area contributed by atoms with E-state index in [4.69, 9.17) is 9.47 Å². The van der Waals surface area contributed by atoms with Crippen LogP contribution in [0, 0.1) is 11.3 Å². The normalized spacial score (nSPS) is 18.2. The topological polar surface area (TPSA) is 130 Å². The van der Waals surface area contributed by atoms with E-state index in [1.54, 1.807) is 11.1 Å². The Morgan fingerprint density at radius 1 is 1.14 bits per heavy atom. The van der Waals surface area contributed by atoms with Gasteiger partial charge >= 0.3 is 12.1 Å². The molecule has 0 bridgehead atoms. The van der Waals surface area contributed by atoms with E-state index in [2.05, 4.69) is 15.6 Å². The molecule has 3 rings (SSSR count). The fraction of sp³-hybridized carbons (Fsp3) is 0.481. The second-order valence-electron chi connectivity index (χ2n) is 10.2. The molecule has 2 heterocycles. The van der Waals surface area contributed by atoms with Gasteiger partial charge in [-0.3, -0.25) is 9.59 Å². The molecule has 3 unspecified atom stereocenters. The van der Waals surface area contributed by atoms with Crippen molar-refractivity contribution in [1.29, 1.82) is 0 Å². The molecule has 0 aliphatic carbocycles. The van der Waals surface area contributed by atoms with Crippen molar-refractivity contribution in [2.75, 3.05) is 31.6 Å². The Hall–Kier alpha value is -3.66. The average Bonchev–Trinajstić information content (AvgIpc) is 3.28. The van der Waals surface area contributed by atoms with Crippen molar-refractivity contribution in [3.05, 3.63) is 60.3 Å². The van der Waals surface area contributed by atoms with E-state index in [1.807, 2.05) is 69.3 Å². The predicted octanol–water partition coefficient (Wildman–Crippen LogP) is 3.15. The van der Waals surface area contributed by atoms with Crippen molar-refractivity contribution in [3.63, 3.8) is 0 Å². The Morgan fingerprint density at radius 3 is 2.51 bits per heavy atom. The molecule has 2 aromatic rings. The van der Waals surface area contributed by atoms with Crippen LogP contribution in [0.4, 0.5) is 10.6 Å². The van der Waals surface area contributed by atoms with Crippen molar-refractivity contribution in [2.24, 2.45) is 11.3 Å². The average molecular weight is 513 g/mol. The van der Waals surface area contributed by atoms with Gasteiger partial charge in [0.25, 0.3) is 0 Å². The zero-order chi connectivity index (χ0) is 26.8. The lowest BCUT2D eigenvalue weighted by molar-refractivity contribution is -0.145. The van der Waals surface area contributed by atoms with Gasteiger partial charge in [0.05, 0.1) is 24.6 Å². The first-order chi connectivity index (χ1) is 17.6. The van der Waals surface area contributed by atoms with Crippen LogP contribution < -0.4 is 10.6 Å². The third kappa shape index (κ3) is 8.75. The van der Waals surface area contributed by atoms with Crippen LogP contribution in [0.1, 0.15) is 32.8 Å². The summed E-state index contributed by atoms with van der Waals surface area (Å²) >= 11 is 0. The number of pyridine rings is 1. The number of benzene rings is 1. The number of anilines is 1. The molecule has 10 nitrogen and oxygen atoms in total. The third-order valence-corrected chi connectivity index (χ3v) is 6.30. The van der Waals surface area contributed by atoms with Crippen molar-refractivity contribution in [1.82, 2.24) is 15.2 Å². The molecule has 37 heavy (non-hydrogen) atoms. The second kappa shape index (κ2) is 13.0. The zero-order valence-corrected chi connectivity index (χ0v) is 21.6. The molecule has 1 aliphatic rings. The van der Waals surface area contributed by atoms with Gasteiger partial charge < -0.3 is 30.1 Å². The first kappa shape index (κ1) is 27.9. The lowest BCUT2D eigenvalue weighted by Gasteiger charge is -2.27. The van der Waals surface area contributed by atoms with Gasteiger partial charge in [0, 0.05) is 19.3 Å². The molecular formula is C27H36N4O6. The van der Waals surface area contributed by atoms with Crippen molar-refractivity contribution in [3.8, 4) is 0 Å². The van der Waals surface area contributed by atoms with E-state index in [-0.39, 0.29) is 38.4 Å². The summed E-state index contributed by atoms with van der Waals surface area (Å²) in [7, 11) is 0. The van der Waals surface area contributed by atoms with Crippen LogP contribution >= 0.6 is 0 Å². The summed E-state index contributed by atoms with van der Waals surface area (Å²) in [6, 6.07) is 14.7. The van der Waals surface area contributed by atoms with Gasteiger partial charge in [-0.25, -0.2) is 9.78 Å². The molecule has 0 spiro atoms. The number of carboxylic acids is 1. The molecule has 1 aromatic heterocycles. The van der Waals surface area contributed by atoms with E-state index < -0.39 is 29.3 Å². The van der Waals surface area contributed by atoms with Crippen molar-refractivity contribution < 1.29 is 29.0 Å². The number of carbonyl (C=O) groups excluding carboxylic acids is 2. The minimum atomic E-state index is -0.961. The van der Waals surface area contributed by atoms with Crippen LogP contribution in [-0.2, 0) is 25.7 Å². The zero-order valence-electron chi connectivity index (χ0n) is 21.6. The van der Waals surface area contributed by atoms with Gasteiger partial charge in [-0.2, -0.15) is 0 Å². The maximum atomic E-state index is 12.9. The number of nitrogens with one attached hydrogen (secondary N) is 2. The number of carboxylic acid groups (broad SMARTS) is 1. The van der Waals surface area contributed by atoms with Gasteiger partial charge in [-0.1, -0.05) is 57.2 Å². The predicted molar refractivity (Wildman–Crippen MR) is 138 cm³/mol. The number of rotatable bonds is 11. The van der Waals surface area contributed by atoms with Gasteiger partial charge in [0.1, 0.15) is 19.0 Å². The monoisotopic (exact) mass is 512 g/mol. The summed E-state index contributed by atoms with van der Waals surface area (Å²) in [5.74, 6) is -1.39. The van der Waals surface area contributed by atoms with E-state index in [0.717, 1.165) is 5.56 Å². The molecule has 0 saturated carbocycles. The summed E-state index contributed by atoms with van der Waals surface area (Å²) in [6.45, 7) is 6.11. The number of likely N-dealkylation sites (tertiary alicyclic amines) is 1. The molecule has 2 amide bonds. The molecule has 3 N–H and O–H groups in total. The Bertz CT molecular complexity index is 1030. The fourth-order valence-corrected chi connectivity index (χ4v) is 4.13. The number of amides is 2. The van der Waals surface area contributed by atoms with Crippen molar-refractivity contribution in [2.45, 2.75) is 45.9 Å². The summed E-state index contributed by atoms with van der Waals surface area (Å²) in [6.07, 6.45) is 1.36. The van der Waals surface area contributed by atoms with Crippen LogP contribution in [-0.4, -0.2) is 71.3 Å². The number of nitrogens with zero attached hydrogens (tertiary/aromatic N) is 2. The molecule has 3 atom stereocenters. The van der Waals surface area contributed by atoms with Crippen LogP contribution in [0.3, 0.4) is 0 Å². The van der Waals surface area contributed by atoms with E-state index in [9.17, 15) is 19.5 Å². The van der Waals surface area contributed by atoms with E-state index in [1.165, 1.54) is 0 Å². The summed E-state index contributed by atoms with van der Waals surface area (Å²) in [5, 5.41) is 15.3. The quantitative estimate of drug-likeness (QED) is 0.419. The highest BCUT2D eigenvalue weighted by Gasteiger charge is 2.37. The molecule has 10 heteroatoms. The van der Waals surface area contributed by atoms with Crippen LogP contribution in [0.2, 0.25) is 0 Å². The lowest BCUT2D eigenvalue weighted by atomic mass is 9.81. The van der Waals surface area contributed by atoms with Crippen LogP contribution in [0.15, 0.2) is 54.7 Å². The summed E-state index contributed by atoms with van der Waals surface area (Å²) in [4.78, 5) is 42.7. The van der Waals surface area contributed by atoms with Gasteiger partial charge in [-0.15, -0.1) is 0 Å². The van der Waals surface area contributed by atoms with Gasteiger partial charge in [-0.05, 0) is 29.5 Å². The summed E-state index contributed by atoms with van der Waals surface area (Å²) < 4.78 is 11.4. The highest BCUT2D eigenvalue weighted by atomic mass is 16.6.